The lowest BCUT2D eigenvalue weighted by Gasteiger charge is -2.73. The number of ether oxygens (including phenoxy) is 1. The van der Waals surface area contributed by atoms with Crippen molar-refractivity contribution in [3.05, 3.63) is 12.2 Å². The molecule has 0 radical (unpaired) electrons. The summed E-state index contributed by atoms with van der Waals surface area (Å²) in [5, 5.41) is 11.6. The minimum absolute atomic E-state index is 0.0198. The van der Waals surface area contributed by atoms with Crippen molar-refractivity contribution in [2.45, 2.75) is 202 Å². The molecular formula is C44H76O3. The highest BCUT2D eigenvalue weighted by atomic mass is 16.5. The number of aliphatic hydroxyl groups excluding tert-OH is 1. The number of hydrogen-bond acceptors (Lipinski definition) is 3. The van der Waals surface area contributed by atoms with E-state index in [0.29, 0.717) is 36.0 Å². The second-order valence-corrected chi connectivity index (χ2v) is 19.5. The SMILES string of the molecule is C=C(C)[C@@H]1CC[C@]2(C)CC[C@]3(C)[C@H](CC[C@H]4[C@@]5(C)C(OC(=O)CCCCCCCCCCCCC)C[C@H](O)C(C)(C)[C@H]5CC[C@]43C)[C@@H]12. The molecule has 5 aliphatic rings. The summed E-state index contributed by atoms with van der Waals surface area (Å²) in [5.41, 5.74) is 2.09. The van der Waals surface area contributed by atoms with Crippen LogP contribution in [0.5, 0.6) is 0 Å². The lowest BCUT2D eigenvalue weighted by molar-refractivity contribution is -0.277. The van der Waals surface area contributed by atoms with E-state index in [2.05, 4.69) is 62.0 Å². The van der Waals surface area contributed by atoms with Gasteiger partial charge in [-0.2, -0.15) is 0 Å². The van der Waals surface area contributed by atoms with Gasteiger partial charge in [-0.1, -0.05) is 125 Å². The maximum absolute atomic E-state index is 13.5. The van der Waals surface area contributed by atoms with E-state index in [1.165, 1.54) is 108 Å². The van der Waals surface area contributed by atoms with Gasteiger partial charge in [0.15, 0.2) is 0 Å². The second-order valence-electron chi connectivity index (χ2n) is 19.5. The van der Waals surface area contributed by atoms with Crippen molar-refractivity contribution in [1.82, 2.24) is 0 Å². The fourth-order valence-corrected chi connectivity index (χ4v) is 13.7. The number of hydrogen-bond donors (Lipinski definition) is 1. The molecule has 0 saturated heterocycles. The fraction of sp³-hybridized carbons (Fsp3) is 0.932. The Kier molecular flexibility index (Phi) is 11.5. The van der Waals surface area contributed by atoms with Crippen LogP contribution < -0.4 is 0 Å². The zero-order valence-corrected chi connectivity index (χ0v) is 32.4. The predicted molar refractivity (Wildman–Crippen MR) is 197 cm³/mol. The van der Waals surface area contributed by atoms with E-state index < -0.39 is 6.10 Å². The lowest BCUT2D eigenvalue weighted by atomic mass is 9.32. The van der Waals surface area contributed by atoms with E-state index in [1.807, 2.05) is 0 Å². The molecule has 0 aliphatic heterocycles. The van der Waals surface area contributed by atoms with Gasteiger partial charge in [0, 0.05) is 18.3 Å². The summed E-state index contributed by atoms with van der Waals surface area (Å²) in [7, 11) is 0. The minimum Gasteiger partial charge on any atom is -0.462 e. The molecule has 3 nitrogen and oxygen atoms in total. The van der Waals surface area contributed by atoms with E-state index in [1.54, 1.807) is 0 Å². The third-order valence-electron chi connectivity index (χ3n) is 16.8. The van der Waals surface area contributed by atoms with Gasteiger partial charge < -0.3 is 9.84 Å². The maximum atomic E-state index is 13.5. The number of carbonyl (C=O) groups excluding carboxylic acids is 1. The van der Waals surface area contributed by atoms with Crippen LogP contribution in [0.3, 0.4) is 0 Å². The summed E-state index contributed by atoms with van der Waals surface area (Å²) in [4.78, 5) is 13.5. The molecule has 0 aromatic rings. The van der Waals surface area contributed by atoms with Crippen LogP contribution in [0.2, 0.25) is 0 Å². The molecule has 270 valence electrons. The minimum atomic E-state index is -0.429. The Morgan fingerprint density at radius 3 is 1.98 bits per heavy atom. The summed E-state index contributed by atoms with van der Waals surface area (Å²) >= 11 is 0. The molecule has 5 rings (SSSR count). The Hall–Kier alpha value is -0.830. The van der Waals surface area contributed by atoms with Crippen LogP contribution in [0.1, 0.15) is 190 Å². The highest BCUT2D eigenvalue weighted by molar-refractivity contribution is 5.69. The van der Waals surface area contributed by atoms with Crippen LogP contribution in [0.4, 0.5) is 0 Å². The largest absolute Gasteiger partial charge is 0.462 e. The van der Waals surface area contributed by atoms with Crippen molar-refractivity contribution in [3.63, 3.8) is 0 Å². The topological polar surface area (TPSA) is 46.5 Å². The van der Waals surface area contributed by atoms with Crippen LogP contribution in [-0.2, 0) is 9.53 Å². The van der Waals surface area contributed by atoms with Gasteiger partial charge in [-0.25, -0.2) is 0 Å². The Morgan fingerprint density at radius 2 is 1.36 bits per heavy atom. The van der Waals surface area contributed by atoms with Gasteiger partial charge in [0.2, 0.25) is 0 Å². The standard InChI is InChI=1S/C44H76O3/c1-10-11-12-13-14-15-16-17-18-19-20-21-38(46)47-37-30-36(45)40(4,5)34-25-27-43(8)35(44(34,37)9)23-22-33-39-32(31(2)3)24-26-41(39,6)28-29-42(33,43)7/h32-37,39,45H,2,10-30H2,1,3-9H3/t32-,33+,34+,35+,36-,37?,39+,41+,42+,43+,44-/m0/s1. The van der Waals surface area contributed by atoms with Crippen LogP contribution in [0, 0.1) is 56.7 Å². The molecule has 0 aromatic heterocycles. The monoisotopic (exact) mass is 653 g/mol. The molecule has 0 spiro atoms. The average Bonchev–Trinajstić information content (AvgIpc) is 3.37. The molecule has 11 atom stereocenters. The van der Waals surface area contributed by atoms with Crippen LogP contribution in [0.15, 0.2) is 12.2 Å². The molecule has 5 aliphatic carbocycles. The maximum Gasteiger partial charge on any atom is 0.306 e. The smallest absolute Gasteiger partial charge is 0.306 e. The summed E-state index contributed by atoms with van der Waals surface area (Å²) in [6.45, 7) is 24.2. The van der Waals surface area contributed by atoms with Gasteiger partial charge in [-0.15, -0.1) is 0 Å². The zero-order chi connectivity index (χ0) is 34.3. The van der Waals surface area contributed by atoms with E-state index >= 15 is 0 Å². The van der Waals surface area contributed by atoms with Crippen molar-refractivity contribution >= 4 is 5.97 Å². The number of allylic oxidation sites excluding steroid dienone is 1. The number of esters is 1. The van der Waals surface area contributed by atoms with E-state index in [0.717, 1.165) is 31.1 Å². The fourth-order valence-electron chi connectivity index (χ4n) is 13.7. The number of carbonyl (C=O) groups is 1. The summed E-state index contributed by atoms with van der Waals surface area (Å²) in [6, 6.07) is 0. The molecular weight excluding hydrogens is 576 g/mol. The molecule has 1 N–H and O–H groups in total. The number of aliphatic hydroxyl groups is 1. The lowest BCUT2D eigenvalue weighted by Crippen LogP contribution is -2.70. The molecule has 0 bridgehead atoms. The van der Waals surface area contributed by atoms with Crippen molar-refractivity contribution in [1.29, 1.82) is 0 Å². The number of unbranched alkanes of at least 4 members (excludes halogenated alkanes) is 10. The van der Waals surface area contributed by atoms with Gasteiger partial charge in [0.25, 0.3) is 0 Å². The molecule has 0 heterocycles. The quantitative estimate of drug-likeness (QED) is 0.115. The average molecular weight is 653 g/mol. The third-order valence-corrected chi connectivity index (χ3v) is 16.8. The summed E-state index contributed by atoms with van der Waals surface area (Å²) < 4.78 is 6.61. The number of fused-ring (bicyclic) bond motifs is 7. The summed E-state index contributed by atoms with van der Waals surface area (Å²) in [6.07, 6.45) is 24.9. The Labute approximate surface area is 291 Å². The van der Waals surface area contributed by atoms with Gasteiger partial charge in [0.05, 0.1) is 6.10 Å². The normalized spacial score (nSPS) is 43.7. The first-order valence-electron chi connectivity index (χ1n) is 20.7. The van der Waals surface area contributed by atoms with Gasteiger partial charge >= 0.3 is 5.97 Å². The van der Waals surface area contributed by atoms with E-state index in [-0.39, 0.29) is 33.7 Å². The first-order chi connectivity index (χ1) is 22.2. The Morgan fingerprint density at radius 1 is 0.745 bits per heavy atom. The molecule has 47 heavy (non-hydrogen) atoms. The first-order valence-corrected chi connectivity index (χ1v) is 20.7. The van der Waals surface area contributed by atoms with Crippen LogP contribution >= 0.6 is 0 Å². The molecule has 0 amide bonds. The van der Waals surface area contributed by atoms with E-state index in [4.69, 9.17) is 4.74 Å². The molecule has 5 saturated carbocycles. The molecule has 1 unspecified atom stereocenters. The van der Waals surface area contributed by atoms with E-state index in [9.17, 15) is 9.90 Å². The Balaban J connectivity index is 1.27. The van der Waals surface area contributed by atoms with Gasteiger partial charge in [-0.05, 0) is 116 Å². The molecule has 3 heteroatoms. The van der Waals surface area contributed by atoms with Gasteiger partial charge in [0.1, 0.15) is 6.10 Å². The van der Waals surface area contributed by atoms with Gasteiger partial charge in [-0.3, -0.25) is 4.79 Å². The zero-order valence-electron chi connectivity index (χ0n) is 32.4. The van der Waals surface area contributed by atoms with Crippen LogP contribution in [-0.4, -0.2) is 23.3 Å². The first kappa shape index (κ1) is 37.4. The van der Waals surface area contributed by atoms with Crippen molar-refractivity contribution in [2.24, 2.45) is 56.7 Å². The van der Waals surface area contributed by atoms with Crippen molar-refractivity contribution < 1.29 is 14.6 Å². The second kappa shape index (κ2) is 14.4. The number of rotatable bonds is 14. The Bertz CT molecular complexity index is 1090. The predicted octanol–water partition coefficient (Wildman–Crippen LogP) is 12.2. The highest BCUT2D eigenvalue weighted by Gasteiger charge is 2.72. The van der Waals surface area contributed by atoms with Crippen molar-refractivity contribution in [3.8, 4) is 0 Å². The molecule has 0 aromatic carbocycles. The van der Waals surface area contributed by atoms with Crippen molar-refractivity contribution in [2.75, 3.05) is 0 Å². The summed E-state index contributed by atoms with van der Waals surface area (Å²) in [5.74, 6) is 3.02. The van der Waals surface area contributed by atoms with Crippen LogP contribution in [0.25, 0.3) is 0 Å². The molecule has 5 fully saturated rings. The highest BCUT2D eigenvalue weighted by Crippen LogP contribution is 2.77. The third kappa shape index (κ3) is 6.57.